The summed E-state index contributed by atoms with van der Waals surface area (Å²) in [7, 11) is 0. The van der Waals surface area contributed by atoms with Crippen molar-refractivity contribution in [3.63, 3.8) is 0 Å². The fraction of sp³-hybridized carbons (Fsp3) is 0.167. The van der Waals surface area contributed by atoms with Crippen LogP contribution in [-0.4, -0.2) is 10.2 Å². The number of rotatable bonds is 1. The zero-order chi connectivity index (χ0) is 16.0. The summed E-state index contributed by atoms with van der Waals surface area (Å²) in [5, 5.41) is 19.8. The number of hydrogen-bond donors (Lipinski definition) is 2. The number of aryl methyl sites for hydroxylation is 2. The summed E-state index contributed by atoms with van der Waals surface area (Å²) in [5.41, 5.74) is 2.76. The predicted molar refractivity (Wildman–Crippen MR) is 85.5 cm³/mol. The van der Waals surface area contributed by atoms with Crippen LogP contribution < -0.4 is 5.43 Å². The fourth-order valence-corrected chi connectivity index (χ4v) is 2.59. The second kappa shape index (κ2) is 4.91. The van der Waals surface area contributed by atoms with Crippen LogP contribution in [0.25, 0.3) is 22.3 Å². The minimum atomic E-state index is -0.250. The first-order chi connectivity index (χ1) is 10.4. The molecule has 22 heavy (non-hydrogen) atoms. The minimum Gasteiger partial charge on any atom is -0.508 e. The van der Waals surface area contributed by atoms with Gasteiger partial charge in [0.1, 0.15) is 28.2 Å². The van der Waals surface area contributed by atoms with Crippen molar-refractivity contribution in [2.24, 2.45) is 0 Å². The van der Waals surface area contributed by atoms with Gasteiger partial charge in [-0.3, -0.25) is 4.79 Å². The van der Waals surface area contributed by atoms with E-state index in [-0.39, 0.29) is 22.3 Å². The van der Waals surface area contributed by atoms with Crippen LogP contribution in [0, 0.1) is 20.8 Å². The molecule has 1 aromatic heterocycles. The van der Waals surface area contributed by atoms with Crippen LogP contribution in [0.3, 0.4) is 0 Å². The summed E-state index contributed by atoms with van der Waals surface area (Å²) >= 11 is 0. The number of aromatic hydroxyl groups is 2. The van der Waals surface area contributed by atoms with Crippen LogP contribution in [0.15, 0.2) is 39.5 Å². The van der Waals surface area contributed by atoms with Crippen LogP contribution in [-0.2, 0) is 0 Å². The molecule has 4 nitrogen and oxygen atoms in total. The molecule has 0 unspecified atom stereocenters. The smallest absolute Gasteiger partial charge is 0.199 e. The maximum Gasteiger partial charge on any atom is 0.199 e. The molecule has 0 saturated carbocycles. The first kappa shape index (κ1) is 14.2. The molecule has 4 heteroatoms. The normalized spacial score (nSPS) is 11.0. The van der Waals surface area contributed by atoms with Crippen molar-refractivity contribution in [1.29, 1.82) is 0 Å². The van der Waals surface area contributed by atoms with Gasteiger partial charge in [-0.2, -0.15) is 0 Å². The van der Waals surface area contributed by atoms with Crippen molar-refractivity contribution in [1.82, 2.24) is 0 Å². The number of phenolic OH excluding ortho intramolecular Hbond substituents is 2. The molecule has 0 radical (unpaired) electrons. The Kier molecular flexibility index (Phi) is 3.17. The second-order valence-electron chi connectivity index (χ2n) is 5.54. The first-order valence-corrected chi connectivity index (χ1v) is 6.95. The van der Waals surface area contributed by atoms with E-state index in [0.717, 1.165) is 5.56 Å². The summed E-state index contributed by atoms with van der Waals surface area (Å²) in [4.78, 5) is 12.5. The molecule has 3 rings (SSSR count). The highest BCUT2D eigenvalue weighted by Crippen LogP contribution is 2.31. The first-order valence-electron chi connectivity index (χ1n) is 6.95. The molecule has 0 spiro atoms. The lowest BCUT2D eigenvalue weighted by Gasteiger charge is -2.10. The Morgan fingerprint density at radius 1 is 0.955 bits per heavy atom. The topological polar surface area (TPSA) is 70.7 Å². The maximum absolute atomic E-state index is 12.5. The largest absolute Gasteiger partial charge is 0.508 e. The quantitative estimate of drug-likeness (QED) is 0.716. The molecule has 1 heterocycles. The van der Waals surface area contributed by atoms with E-state index in [2.05, 4.69) is 0 Å². The minimum absolute atomic E-state index is 0.0692. The number of fused-ring (bicyclic) bond motifs is 1. The van der Waals surface area contributed by atoms with Gasteiger partial charge in [0, 0.05) is 11.1 Å². The average molecular weight is 296 g/mol. The Balaban J connectivity index is 2.38. The standard InChI is InChI=1S/C18H16O4/c1-9-6-14(20)16-15(7-9)22-18(11(3)17(16)21)12-4-5-13(19)10(2)8-12/h4-8,19-20H,1-3H3. The molecule has 112 valence electrons. The van der Waals surface area contributed by atoms with E-state index in [9.17, 15) is 15.0 Å². The van der Waals surface area contributed by atoms with E-state index >= 15 is 0 Å². The van der Waals surface area contributed by atoms with E-state index in [0.29, 0.717) is 28.0 Å². The van der Waals surface area contributed by atoms with Gasteiger partial charge in [0.2, 0.25) is 0 Å². The summed E-state index contributed by atoms with van der Waals surface area (Å²) in [5.74, 6) is 0.573. The molecule has 2 N–H and O–H groups in total. The van der Waals surface area contributed by atoms with Crippen LogP contribution >= 0.6 is 0 Å². The molecule has 0 aliphatic rings. The lowest BCUT2D eigenvalue weighted by molar-refractivity contribution is 0.471. The molecule has 0 aliphatic heterocycles. The van der Waals surface area contributed by atoms with Crippen molar-refractivity contribution < 1.29 is 14.6 Å². The van der Waals surface area contributed by atoms with E-state index in [1.807, 2.05) is 6.92 Å². The highest BCUT2D eigenvalue weighted by Gasteiger charge is 2.16. The fourth-order valence-electron chi connectivity index (χ4n) is 2.59. The molecule has 3 aromatic rings. The summed E-state index contributed by atoms with van der Waals surface area (Å²) in [6.07, 6.45) is 0. The van der Waals surface area contributed by atoms with Crippen molar-refractivity contribution >= 4 is 11.0 Å². The highest BCUT2D eigenvalue weighted by molar-refractivity contribution is 5.86. The van der Waals surface area contributed by atoms with Crippen LogP contribution in [0.2, 0.25) is 0 Å². The second-order valence-corrected chi connectivity index (χ2v) is 5.54. The van der Waals surface area contributed by atoms with Crippen LogP contribution in [0.4, 0.5) is 0 Å². The van der Waals surface area contributed by atoms with Crippen molar-refractivity contribution in [3.8, 4) is 22.8 Å². The van der Waals surface area contributed by atoms with Crippen molar-refractivity contribution in [2.75, 3.05) is 0 Å². The van der Waals surface area contributed by atoms with Gasteiger partial charge in [-0.05, 0) is 62.2 Å². The summed E-state index contributed by atoms with van der Waals surface area (Å²) < 4.78 is 5.87. The van der Waals surface area contributed by atoms with Crippen molar-refractivity contribution in [2.45, 2.75) is 20.8 Å². The van der Waals surface area contributed by atoms with Gasteiger partial charge >= 0.3 is 0 Å². The monoisotopic (exact) mass is 296 g/mol. The Labute approximate surface area is 127 Å². The van der Waals surface area contributed by atoms with E-state index in [1.54, 1.807) is 44.2 Å². The third-order valence-electron chi connectivity index (χ3n) is 3.80. The third kappa shape index (κ3) is 2.13. The number of phenols is 2. The van der Waals surface area contributed by atoms with Gasteiger partial charge in [0.25, 0.3) is 0 Å². The van der Waals surface area contributed by atoms with E-state index in [1.165, 1.54) is 0 Å². The van der Waals surface area contributed by atoms with Crippen molar-refractivity contribution in [3.05, 3.63) is 57.2 Å². The predicted octanol–water partition coefficient (Wildman–Crippen LogP) is 3.80. The molecule has 0 amide bonds. The molecule has 0 saturated heterocycles. The van der Waals surface area contributed by atoms with Gasteiger partial charge in [-0.25, -0.2) is 0 Å². The SMILES string of the molecule is Cc1cc(O)c2c(=O)c(C)c(-c3ccc(O)c(C)c3)oc2c1. The Hall–Kier alpha value is -2.75. The molecule has 0 fully saturated rings. The average Bonchev–Trinajstić information content (AvgIpc) is 2.45. The van der Waals surface area contributed by atoms with Crippen LogP contribution in [0.1, 0.15) is 16.7 Å². The molecular formula is C18H16O4. The zero-order valence-electron chi connectivity index (χ0n) is 12.6. The number of hydrogen-bond acceptors (Lipinski definition) is 4. The van der Waals surface area contributed by atoms with Gasteiger partial charge in [-0.1, -0.05) is 0 Å². The molecular weight excluding hydrogens is 280 g/mol. The highest BCUT2D eigenvalue weighted by atomic mass is 16.3. The lowest BCUT2D eigenvalue weighted by Crippen LogP contribution is -2.07. The summed E-state index contributed by atoms with van der Waals surface area (Å²) in [6, 6.07) is 8.31. The Morgan fingerprint density at radius 2 is 1.68 bits per heavy atom. The maximum atomic E-state index is 12.5. The number of benzene rings is 2. The van der Waals surface area contributed by atoms with Gasteiger partial charge in [0.05, 0.1) is 0 Å². The van der Waals surface area contributed by atoms with Gasteiger partial charge in [-0.15, -0.1) is 0 Å². The van der Waals surface area contributed by atoms with E-state index < -0.39 is 0 Å². The molecule has 0 atom stereocenters. The zero-order valence-corrected chi connectivity index (χ0v) is 12.6. The Bertz CT molecular complexity index is 951. The summed E-state index contributed by atoms with van der Waals surface area (Å²) in [6.45, 7) is 5.27. The van der Waals surface area contributed by atoms with Gasteiger partial charge < -0.3 is 14.6 Å². The lowest BCUT2D eigenvalue weighted by atomic mass is 10.0. The van der Waals surface area contributed by atoms with Crippen LogP contribution in [0.5, 0.6) is 11.5 Å². The molecule has 0 bridgehead atoms. The Morgan fingerprint density at radius 3 is 2.36 bits per heavy atom. The molecule has 0 aliphatic carbocycles. The van der Waals surface area contributed by atoms with Gasteiger partial charge in [0.15, 0.2) is 5.43 Å². The third-order valence-corrected chi connectivity index (χ3v) is 3.80. The van der Waals surface area contributed by atoms with E-state index in [4.69, 9.17) is 4.42 Å². The molecule has 2 aromatic carbocycles.